The maximum atomic E-state index is 12.6. The first-order valence-corrected chi connectivity index (χ1v) is 15.9. The van der Waals surface area contributed by atoms with E-state index in [0.29, 0.717) is 22.3 Å². The second kappa shape index (κ2) is 14.1. The number of benzene rings is 2. The minimum absolute atomic E-state index is 0.0535. The van der Waals surface area contributed by atoms with Crippen molar-refractivity contribution < 1.29 is 17.5 Å². The standard InChI is InChI=1S/C22H25Cl2FN2O3S.C2H6.CH3Br/c1-31(28,29)17-4-2-16(3-5-17)30-22-19-10-14(23)11-20(24)18(19)12-21(22)27-9-6-15(13-27)26-8-7-25;2*1-2/h2-5,10-11,15,21-22,26H,6-9,12-13H2,1H3;1-2H3;1H3. The van der Waals surface area contributed by atoms with Gasteiger partial charge in [0.25, 0.3) is 0 Å². The molecule has 3 unspecified atom stereocenters. The SMILES string of the molecule is CBr.CC.CS(=O)(=O)c1ccc(OC2c3cc(Cl)cc(Cl)c3CC2N2CCC(NCCF)C2)cc1. The topological polar surface area (TPSA) is 58.6 Å². The van der Waals surface area contributed by atoms with Crippen LogP contribution in [-0.2, 0) is 16.3 Å². The van der Waals surface area contributed by atoms with E-state index in [1.165, 1.54) is 6.26 Å². The lowest BCUT2D eigenvalue weighted by atomic mass is 10.1. The van der Waals surface area contributed by atoms with Gasteiger partial charge in [0.1, 0.15) is 18.5 Å². The Hall–Kier alpha value is -0.900. The van der Waals surface area contributed by atoms with Gasteiger partial charge in [-0.1, -0.05) is 53.0 Å². The Morgan fingerprint density at radius 3 is 2.43 bits per heavy atom. The van der Waals surface area contributed by atoms with Crippen LogP contribution in [0.3, 0.4) is 0 Å². The van der Waals surface area contributed by atoms with Crippen molar-refractivity contribution in [3.05, 3.63) is 57.6 Å². The molecule has 0 amide bonds. The molecule has 0 radical (unpaired) electrons. The smallest absolute Gasteiger partial charge is 0.175 e. The molecule has 2 aromatic rings. The summed E-state index contributed by atoms with van der Waals surface area (Å²) < 4.78 is 42.4. The first kappa shape index (κ1) is 30.3. The summed E-state index contributed by atoms with van der Waals surface area (Å²) in [7, 11) is -3.28. The van der Waals surface area contributed by atoms with Crippen LogP contribution in [0.4, 0.5) is 4.39 Å². The Bertz CT molecular complexity index is 1060. The number of hydrogen-bond donors (Lipinski definition) is 1. The number of fused-ring (bicyclic) bond motifs is 1. The van der Waals surface area contributed by atoms with Crippen LogP contribution in [0.15, 0.2) is 41.3 Å². The van der Waals surface area contributed by atoms with E-state index in [-0.39, 0.29) is 29.8 Å². The largest absolute Gasteiger partial charge is 0.484 e. The van der Waals surface area contributed by atoms with Gasteiger partial charge in [0, 0.05) is 47.5 Å². The molecular formula is C25H34BrCl2FN2O3S. The van der Waals surface area contributed by atoms with E-state index >= 15 is 0 Å². The molecule has 2 aromatic carbocycles. The molecule has 0 spiro atoms. The number of nitrogens with zero attached hydrogens (tertiary/aromatic N) is 1. The molecule has 1 saturated heterocycles. The summed E-state index contributed by atoms with van der Waals surface area (Å²) in [5, 5.41) is 4.42. The minimum Gasteiger partial charge on any atom is -0.484 e. The van der Waals surface area contributed by atoms with Crippen molar-refractivity contribution in [3.63, 3.8) is 0 Å². The third-order valence-corrected chi connectivity index (χ3v) is 7.68. The van der Waals surface area contributed by atoms with Crippen LogP contribution >= 0.6 is 39.1 Å². The van der Waals surface area contributed by atoms with Gasteiger partial charge >= 0.3 is 0 Å². The lowest BCUT2D eigenvalue weighted by Crippen LogP contribution is -2.41. The Morgan fingerprint density at radius 2 is 1.83 bits per heavy atom. The molecule has 1 fully saturated rings. The summed E-state index contributed by atoms with van der Waals surface area (Å²) in [6.07, 6.45) is 2.55. The molecule has 0 saturated carbocycles. The molecule has 10 heteroatoms. The molecule has 1 heterocycles. The van der Waals surface area contributed by atoms with Crippen LogP contribution in [0.25, 0.3) is 0 Å². The van der Waals surface area contributed by atoms with Crippen molar-refractivity contribution in [1.82, 2.24) is 10.2 Å². The second-order valence-electron chi connectivity index (χ2n) is 8.13. The lowest BCUT2D eigenvalue weighted by Gasteiger charge is -2.30. The molecule has 0 aromatic heterocycles. The van der Waals surface area contributed by atoms with Crippen LogP contribution in [0.1, 0.15) is 37.5 Å². The number of alkyl halides is 2. The summed E-state index contributed by atoms with van der Waals surface area (Å²) >= 11 is 15.7. The van der Waals surface area contributed by atoms with Gasteiger partial charge in [-0.25, -0.2) is 12.8 Å². The fourth-order valence-corrected chi connectivity index (χ4v) is 5.72. The highest BCUT2D eigenvalue weighted by molar-refractivity contribution is 9.08. The number of ether oxygens (including phenoxy) is 1. The molecule has 3 atom stereocenters. The molecule has 5 nitrogen and oxygen atoms in total. The minimum atomic E-state index is -3.28. The summed E-state index contributed by atoms with van der Waals surface area (Å²) in [6, 6.07) is 10.4. The van der Waals surface area contributed by atoms with Crippen LogP contribution < -0.4 is 10.1 Å². The van der Waals surface area contributed by atoms with Gasteiger partial charge in [0.05, 0.1) is 10.9 Å². The number of halogens is 4. The highest BCUT2D eigenvalue weighted by atomic mass is 79.9. The second-order valence-corrected chi connectivity index (χ2v) is 11.0. The van der Waals surface area contributed by atoms with Gasteiger partial charge in [-0.05, 0) is 60.6 Å². The molecule has 1 aliphatic carbocycles. The zero-order valence-corrected chi connectivity index (χ0v) is 24.4. The van der Waals surface area contributed by atoms with Crippen molar-refractivity contribution >= 4 is 49.0 Å². The molecule has 35 heavy (non-hydrogen) atoms. The van der Waals surface area contributed by atoms with Crippen LogP contribution in [0, 0.1) is 0 Å². The molecule has 4 rings (SSSR count). The predicted molar refractivity (Wildman–Crippen MR) is 147 cm³/mol. The summed E-state index contributed by atoms with van der Waals surface area (Å²) in [5.41, 5.74) is 1.98. The maximum absolute atomic E-state index is 12.6. The van der Waals surface area contributed by atoms with Crippen molar-refractivity contribution in [3.8, 4) is 5.75 Å². The highest BCUT2D eigenvalue weighted by Gasteiger charge is 2.41. The Labute approximate surface area is 227 Å². The van der Waals surface area contributed by atoms with E-state index in [0.717, 1.165) is 37.1 Å². The highest BCUT2D eigenvalue weighted by Crippen LogP contribution is 2.43. The van der Waals surface area contributed by atoms with Gasteiger partial charge < -0.3 is 10.1 Å². The van der Waals surface area contributed by atoms with Gasteiger partial charge in [0.15, 0.2) is 9.84 Å². The molecule has 2 aliphatic rings. The number of nitrogens with one attached hydrogen (secondary N) is 1. The van der Waals surface area contributed by atoms with Gasteiger partial charge in [-0.3, -0.25) is 4.90 Å². The van der Waals surface area contributed by atoms with Gasteiger partial charge in [-0.2, -0.15) is 0 Å². The summed E-state index contributed by atoms with van der Waals surface area (Å²) in [5.74, 6) is 2.39. The Kier molecular flexibility index (Phi) is 12.3. The summed E-state index contributed by atoms with van der Waals surface area (Å²) in [4.78, 5) is 2.60. The molecule has 0 bridgehead atoms. The fraction of sp³-hybridized carbons (Fsp3) is 0.520. The quantitative estimate of drug-likeness (QED) is 0.383. The van der Waals surface area contributed by atoms with Crippen LogP contribution in [-0.4, -0.2) is 63.8 Å². The third kappa shape index (κ3) is 7.79. The monoisotopic (exact) mass is 610 g/mol. The van der Waals surface area contributed by atoms with Crippen molar-refractivity contribution in [1.29, 1.82) is 0 Å². The van der Waals surface area contributed by atoms with E-state index in [1.807, 2.05) is 25.7 Å². The first-order valence-electron chi connectivity index (χ1n) is 11.6. The molecule has 1 N–H and O–H groups in total. The van der Waals surface area contributed by atoms with Gasteiger partial charge in [-0.15, -0.1) is 0 Å². The van der Waals surface area contributed by atoms with E-state index in [4.69, 9.17) is 27.9 Å². The molecule has 1 aliphatic heterocycles. The van der Waals surface area contributed by atoms with E-state index in [2.05, 4.69) is 26.1 Å². The van der Waals surface area contributed by atoms with Crippen molar-refractivity contribution in [2.75, 3.05) is 38.4 Å². The fourth-order valence-electron chi connectivity index (χ4n) is 4.50. The maximum Gasteiger partial charge on any atom is 0.175 e. The van der Waals surface area contributed by atoms with Crippen molar-refractivity contribution in [2.45, 2.75) is 49.8 Å². The third-order valence-electron chi connectivity index (χ3n) is 6.00. The average Bonchev–Trinajstić information content (AvgIpc) is 3.45. The normalized spacial score (nSPS) is 21.4. The van der Waals surface area contributed by atoms with Crippen molar-refractivity contribution in [2.24, 2.45) is 0 Å². The first-order chi connectivity index (χ1) is 16.8. The Balaban J connectivity index is 0.00000103. The summed E-state index contributed by atoms with van der Waals surface area (Å²) in [6.45, 7) is 5.66. The number of likely N-dealkylation sites (tertiary alicyclic amines) is 1. The van der Waals surface area contributed by atoms with E-state index in [1.54, 1.807) is 30.3 Å². The zero-order chi connectivity index (χ0) is 26.2. The number of hydrogen-bond acceptors (Lipinski definition) is 5. The number of sulfone groups is 1. The van der Waals surface area contributed by atoms with Crippen LogP contribution in [0.5, 0.6) is 5.75 Å². The lowest BCUT2D eigenvalue weighted by molar-refractivity contribution is 0.0925. The van der Waals surface area contributed by atoms with E-state index in [9.17, 15) is 12.8 Å². The zero-order valence-electron chi connectivity index (χ0n) is 20.5. The van der Waals surface area contributed by atoms with Crippen LogP contribution in [0.2, 0.25) is 10.0 Å². The molecular weight excluding hydrogens is 578 g/mol. The number of rotatable bonds is 7. The average molecular weight is 612 g/mol. The Morgan fingerprint density at radius 1 is 1.17 bits per heavy atom. The predicted octanol–water partition coefficient (Wildman–Crippen LogP) is 6.11. The van der Waals surface area contributed by atoms with Gasteiger partial charge in [0.2, 0.25) is 0 Å². The van der Waals surface area contributed by atoms with E-state index < -0.39 is 9.84 Å². The molecule has 196 valence electrons.